The summed E-state index contributed by atoms with van der Waals surface area (Å²) in [6.07, 6.45) is 1.37. The van der Waals surface area contributed by atoms with Gasteiger partial charge in [-0.2, -0.15) is 0 Å². The molecule has 9 heteroatoms. The maximum Gasteiger partial charge on any atom is 0.271 e. The van der Waals surface area contributed by atoms with Gasteiger partial charge in [0.05, 0.1) is 16.0 Å². The van der Waals surface area contributed by atoms with Crippen molar-refractivity contribution in [3.05, 3.63) is 70.1 Å². The summed E-state index contributed by atoms with van der Waals surface area (Å²) in [6, 6.07) is 9.71. The fourth-order valence-corrected chi connectivity index (χ4v) is 3.59. The standard InChI is InChI=1S/C18H11FN4O3S/c19-11-3-1-10(2-4-11)13-8-27-18-16(13)17(20-9-21-18)22-14-7-12(23(25)26)5-6-15(14)24/h1-9,24H,(H,20,21,22). The van der Waals surface area contributed by atoms with Crippen LogP contribution >= 0.6 is 11.3 Å². The van der Waals surface area contributed by atoms with Crippen molar-refractivity contribution in [2.45, 2.75) is 0 Å². The molecule has 0 aliphatic heterocycles. The molecule has 27 heavy (non-hydrogen) atoms. The zero-order chi connectivity index (χ0) is 19.0. The van der Waals surface area contributed by atoms with Crippen LogP contribution in [0.1, 0.15) is 0 Å². The van der Waals surface area contributed by atoms with Gasteiger partial charge in [-0.3, -0.25) is 10.1 Å². The molecule has 0 saturated carbocycles. The summed E-state index contributed by atoms with van der Waals surface area (Å²) in [6.45, 7) is 0. The van der Waals surface area contributed by atoms with Gasteiger partial charge in [0.1, 0.15) is 28.5 Å². The molecular weight excluding hydrogens is 371 g/mol. The number of nitro groups is 1. The van der Waals surface area contributed by atoms with Gasteiger partial charge >= 0.3 is 0 Å². The monoisotopic (exact) mass is 382 g/mol. The first-order valence-corrected chi connectivity index (χ1v) is 8.63. The number of nitro benzene ring substituents is 1. The molecule has 4 aromatic rings. The number of thiophene rings is 1. The molecule has 0 saturated heterocycles. The number of anilines is 2. The Bertz CT molecular complexity index is 1160. The van der Waals surface area contributed by atoms with Crippen LogP contribution in [0.25, 0.3) is 21.3 Å². The summed E-state index contributed by atoms with van der Waals surface area (Å²) in [5, 5.41) is 26.6. The Morgan fingerprint density at radius 3 is 2.67 bits per heavy atom. The van der Waals surface area contributed by atoms with E-state index in [4.69, 9.17) is 0 Å². The number of halogens is 1. The Morgan fingerprint density at radius 1 is 1.15 bits per heavy atom. The summed E-state index contributed by atoms with van der Waals surface area (Å²) >= 11 is 1.39. The van der Waals surface area contributed by atoms with Crippen LogP contribution in [0, 0.1) is 15.9 Å². The zero-order valence-electron chi connectivity index (χ0n) is 13.6. The van der Waals surface area contributed by atoms with Crippen molar-refractivity contribution < 1.29 is 14.4 Å². The number of phenolic OH excluding ortho intramolecular Hbond substituents is 1. The van der Waals surface area contributed by atoms with Crippen molar-refractivity contribution in [2.75, 3.05) is 5.32 Å². The van der Waals surface area contributed by atoms with Crippen LogP contribution in [0.4, 0.5) is 21.6 Å². The van der Waals surface area contributed by atoms with Crippen LogP contribution in [-0.4, -0.2) is 20.0 Å². The van der Waals surface area contributed by atoms with E-state index in [1.165, 1.54) is 48.0 Å². The van der Waals surface area contributed by atoms with E-state index in [9.17, 15) is 19.6 Å². The molecular formula is C18H11FN4O3S. The minimum Gasteiger partial charge on any atom is -0.506 e. The van der Waals surface area contributed by atoms with E-state index < -0.39 is 4.92 Å². The first-order valence-electron chi connectivity index (χ1n) is 7.75. The molecule has 2 N–H and O–H groups in total. The topological polar surface area (TPSA) is 101 Å². The fourth-order valence-electron chi connectivity index (χ4n) is 2.68. The smallest absolute Gasteiger partial charge is 0.271 e. The number of aromatic nitrogens is 2. The summed E-state index contributed by atoms with van der Waals surface area (Å²) in [5.41, 5.74) is 1.57. The molecule has 0 radical (unpaired) electrons. The largest absolute Gasteiger partial charge is 0.506 e. The third-order valence-corrected chi connectivity index (χ3v) is 4.86. The van der Waals surface area contributed by atoms with E-state index in [1.807, 2.05) is 5.38 Å². The van der Waals surface area contributed by atoms with Crippen LogP contribution in [0.2, 0.25) is 0 Å². The summed E-state index contributed by atoms with van der Waals surface area (Å²) < 4.78 is 13.2. The van der Waals surface area contributed by atoms with Gasteiger partial charge in [0.15, 0.2) is 0 Å². The van der Waals surface area contributed by atoms with Gasteiger partial charge in [0, 0.05) is 23.1 Å². The second-order valence-electron chi connectivity index (χ2n) is 5.64. The quantitative estimate of drug-likeness (QED) is 0.297. The van der Waals surface area contributed by atoms with E-state index in [1.54, 1.807) is 12.1 Å². The minimum absolute atomic E-state index is 0.147. The lowest BCUT2D eigenvalue weighted by Gasteiger charge is -2.10. The van der Waals surface area contributed by atoms with Crippen molar-refractivity contribution in [3.63, 3.8) is 0 Å². The molecule has 2 aromatic heterocycles. The number of nitrogens with zero attached hydrogens (tertiary/aromatic N) is 3. The van der Waals surface area contributed by atoms with Crippen molar-refractivity contribution in [1.29, 1.82) is 0 Å². The van der Waals surface area contributed by atoms with Crippen molar-refractivity contribution in [2.24, 2.45) is 0 Å². The van der Waals surface area contributed by atoms with E-state index in [0.29, 0.717) is 16.0 Å². The second-order valence-corrected chi connectivity index (χ2v) is 6.50. The number of non-ortho nitro benzene ring substituents is 1. The van der Waals surface area contributed by atoms with Gasteiger partial charge in [-0.25, -0.2) is 14.4 Å². The molecule has 0 unspecified atom stereocenters. The molecule has 0 fully saturated rings. The number of nitrogens with one attached hydrogen (secondary N) is 1. The van der Waals surface area contributed by atoms with Crippen LogP contribution < -0.4 is 5.32 Å². The van der Waals surface area contributed by atoms with Crippen LogP contribution in [0.15, 0.2) is 54.2 Å². The second kappa shape index (κ2) is 6.61. The Balaban J connectivity index is 1.83. The summed E-state index contributed by atoms with van der Waals surface area (Å²) in [5.74, 6) is -0.100. The SMILES string of the molecule is O=[N+]([O-])c1ccc(O)c(Nc2ncnc3scc(-c4ccc(F)cc4)c23)c1. The average Bonchev–Trinajstić information content (AvgIpc) is 3.09. The van der Waals surface area contributed by atoms with Crippen LogP contribution in [0.5, 0.6) is 5.75 Å². The van der Waals surface area contributed by atoms with Gasteiger partial charge in [-0.05, 0) is 23.8 Å². The minimum atomic E-state index is -0.547. The summed E-state index contributed by atoms with van der Waals surface area (Å²) in [4.78, 5) is 19.6. The van der Waals surface area contributed by atoms with Crippen molar-refractivity contribution >= 4 is 38.7 Å². The number of fused-ring (bicyclic) bond motifs is 1. The molecule has 0 aliphatic rings. The predicted octanol–water partition coefficient (Wildman–Crippen LogP) is 4.85. The van der Waals surface area contributed by atoms with E-state index >= 15 is 0 Å². The molecule has 4 rings (SSSR count). The lowest BCUT2D eigenvalue weighted by Crippen LogP contribution is -1.97. The highest BCUT2D eigenvalue weighted by molar-refractivity contribution is 7.17. The number of hydrogen-bond donors (Lipinski definition) is 2. The normalized spacial score (nSPS) is 10.9. The molecule has 2 heterocycles. The Morgan fingerprint density at radius 2 is 1.93 bits per heavy atom. The highest BCUT2D eigenvalue weighted by atomic mass is 32.1. The number of benzene rings is 2. The molecule has 0 amide bonds. The molecule has 0 spiro atoms. The Kier molecular flexibility index (Phi) is 4.13. The highest BCUT2D eigenvalue weighted by Crippen LogP contribution is 2.39. The van der Waals surface area contributed by atoms with Crippen molar-refractivity contribution in [1.82, 2.24) is 9.97 Å². The molecule has 0 aliphatic carbocycles. The van der Waals surface area contributed by atoms with Gasteiger partial charge in [0.25, 0.3) is 5.69 Å². The molecule has 134 valence electrons. The van der Waals surface area contributed by atoms with Gasteiger partial charge in [-0.1, -0.05) is 12.1 Å². The molecule has 0 bridgehead atoms. The van der Waals surface area contributed by atoms with Gasteiger partial charge in [0.2, 0.25) is 0 Å². The van der Waals surface area contributed by atoms with Gasteiger partial charge < -0.3 is 10.4 Å². The molecule has 7 nitrogen and oxygen atoms in total. The lowest BCUT2D eigenvalue weighted by atomic mass is 10.1. The van der Waals surface area contributed by atoms with E-state index in [-0.39, 0.29) is 22.9 Å². The molecule has 2 aromatic carbocycles. The summed E-state index contributed by atoms with van der Waals surface area (Å²) in [7, 11) is 0. The Hall–Kier alpha value is -3.59. The zero-order valence-corrected chi connectivity index (χ0v) is 14.4. The first kappa shape index (κ1) is 16.9. The van der Waals surface area contributed by atoms with E-state index in [2.05, 4.69) is 15.3 Å². The molecule has 0 atom stereocenters. The average molecular weight is 382 g/mol. The predicted molar refractivity (Wildman–Crippen MR) is 101 cm³/mol. The highest BCUT2D eigenvalue weighted by Gasteiger charge is 2.16. The maximum absolute atomic E-state index is 13.2. The number of phenols is 1. The number of rotatable bonds is 4. The van der Waals surface area contributed by atoms with Crippen LogP contribution in [-0.2, 0) is 0 Å². The first-order chi connectivity index (χ1) is 13.0. The number of hydrogen-bond acceptors (Lipinski definition) is 7. The third-order valence-electron chi connectivity index (χ3n) is 3.97. The van der Waals surface area contributed by atoms with Gasteiger partial charge in [-0.15, -0.1) is 11.3 Å². The van der Waals surface area contributed by atoms with Crippen molar-refractivity contribution in [3.8, 4) is 16.9 Å². The third kappa shape index (κ3) is 3.15. The van der Waals surface area contributed by atoms with E-state index in [0.717, 1.165) is 11.1 Å². The lowest BCUT2D eigenvalue weighted by molar-refractivity contribution is -0.384. The number of aromatic hydroxyl groups is 1. The van der Waals surface area contributed by atoms with Crippen LogP contribution in [0.3, 0.4) is 0 Å². The Labute approximate surface area is 155 Å². The fraction of sp³-hybridized carbons (Fsp3) is 0. The maximum atomic E-state index is 13.2.